The SMILES string of the molecule is CCCCCCCCCCCCCCCCCCC(=O)OCCCCC/C=C\C=C/CCCCCCCCC(=O)NC(CO)C(O)CCCCCCCCCCC. The van der Waals surface area contributed by atoms with Crippen molar-refractivity contribution >= 4 is 11.9 Å². The van der Waals surface area contributed by atoms with E-state index in [1.807, 2.05) is 0 Å². The van der Waals surface area contributed by atoms with Crippen LogP contribution in [0.15, 0.2) is 24.3 Å². The molecular weight excluding hydrogens is 707 g/mol. The first-order chi connectivity index (χ1) is 28.0. The number of rotatable bonds is 46. The van der Waals surface area contributed by atoms with Gasteiger partial charge in [-0.25, -0.2) is 0 Å². The van der Waals surface area contributed by atoms with Crippen molar-refractivity contribution in [1.82, 2.24) is 5.32 Å². The van der Waals surface area contributed by atoms with Crippen molar-refractivity contribution in [2.75, 3.05) is 13.2 Å². The number of ether oxygens (including phenoxy) is 1. The normalized spacial score (nSPS) is 12.8. The number of aliphatic hydroxyl groups excluding tert-OH is 2. The van der Waals surface area contributed by atoms with Crippen LogP contribution >= 0.6 is 0 Å². The van der Waals surface area contributed by atoms with E-state index in [-0.39, 0.29) is 18.5 Å². The molecule has 6 nitrogen and oxygen atoms in total. The average Bonchev–Trinajstić information content (AvgIpc) is 3.21. The maximum absolute atomic E-state index is 12.4. The molecule has 0 aromatic carbocycles. The Bertz CT molecular complexity index is 889. The monoisotopic (exact) mass is 804 g/mol. The number of hydrogen-bond donors (Lipinski definition) is 3. The van der Waals surface area contributed by atoms with Crippen LogP contribution < -0.4 is 5.32 Å². The van der Waals surface area contributed by atoms with E-state index in [9.17, 15) is 19.8 Å². The number of carbonyl (C=O) groups is 2. The van der Waals surface area contributed by atoms with Crippen LogP contribution in [0.1, 0.15) is 264 Å². The lowest BCUT2D eigenvalue weighted by molar-refractivity contribution is -0.143. The predicted octanol–water partition coefficient (Wildman–Crippen LogP) is 14.7. The summed E-state index contributed by atoms with van der Waals surface area (Å²) < 4.78 is 5.44. The van der Waals surface area contributed by atoms with Crippen molar-refractivity contribution in [3.8, 4) is 0 Å². The van der Waals surface area contributed by atoms with Crippen LogP contribution in [0.2, 0.25) is 0 Å². The first-order valence-electron chi connectivity index (χ1n) is 25.1. The molecule has 336 valence electrons. The van der Waals surface area contributed by atoms with Gasteiger partial charge in [0.05, 0.1) is 25.4 Å². The molecule has 0 bridgehead atoms. The van der Waals surface area contributed by atoms with Crippen molar-refractivity contribution in [1.29, 1.82) is 0 Å². The molecule has 0 aliphatic carbocycles. The van der Waals surface area contributed by atoms with Gasteiger partial charge in [-0.05, 0) is 57.8 Å². The van der Waals surface area contributed by atoms with Crippen molar-refractivity contribution in [2.24, 2.45) is 0 Å². The molecule has 0 fully saturated rings. The molecule has 0 spiro atoms. The molecule has 57 heavy (non-hydrogen) atoms. The number of esters is 1. The van der Waals surface area contributed by atoms with Gasteiger partial charge in [0.1, 0.15) is 0 Å². The van der Waals surface area contributed by atoms with E-state index in [0.29, 0.717) is 25.9 Å². The van der Waals surface area contributed by atoms with E-state index in [1.54, 1.807) is 0 Å². The molecule has 6 heteroatoms. The second kappa shape index (κ2) is 47.0. The largest absolute Gasteiger partial charge is 0.466 e. The topological polar surface area (TPSA) is 95.9 Å². The molecule has 0 saturated heterocycles. The van der Waals surface area contributed by atoms with Gasteiger partial charge in [0, 0.05) is 12.8 Å². The van der Waals surface area contributed by atoms with Gasteiger partial charge in [-0.2, -0.15) is 0 Å². The lowest BCUT2D eigenvalue weighted by Gasteiger charge is -2.22. The fourth-order valence-corrected chi connectivity index (χ4v) is 7.63. The van der Waals surface area contributed by atoms with Gasteiger partial charge in [-0.3, -0.25) is 9.59 Å². The van der Waals surface area contributed by atoms with Crippen LogP contribution in [0, 0.1) is 0 Å². The van der Waals surface area contributed by atoms with E-state index in [1.165, 1.54) is 154 Å². The highest BCUT2D eigenvalue weighted by Crippen LogP contribution is 2.16. The zero-order valence-corrected chi connectivity index (χ0v) is 38.1. The van der Waals surface area contributed by atoms with Crippen LogP contribution in [0.4, 0.5) is 0 Å². The van der Waals surface area contributed by atoms with Crippen LogP contribution in [0.3, 0.4) is 0 Å². The summed E-state index contributed by atoms with van der Waals surface area (Å²) in [6.07, 6.45) is 54.4. The Morgan fingerprint density at radius 2 is 0.860 bits per heavy atom. The standard InChI is InChI=1S/C51H97NO5/c1-3-5-7-9-11-13-14-15-16-19-22-25-29-33-37-41-45-51(56)57-46-42-38-34-30-26-23-20-17-18-21-24-28-32-36-40-44-50(55)52-48(47-53)49(54)43-39-35-31-27-12-10-8-6-4-2/h17,20,23,26,48-49,53-54H,3-16,18-19,21-22,24-25,27-47H2,1-2H3,(H,52,55)/b20-17-,26-23-. The van der Waals surface area contributed by atoms with Crippen LogP contribution in [-0.2, 0) is 14.3 Å². The van der Waals surface area contributed by atoms with Crippen molar-refractivity contribution < 1.29 is 24.5 Å². The Hall–Kier alpha value is -1.66. The average molecular weight is 804 g/mol. The Kier molecular flexibility index (Phi) is 45.7. The Morgan fingerprint density at radius 1 is 0.491 bits per heavy atom. The van der Waals surface area contributed by atoms with Crippen molar-refractivity contribution in [3.63, 3.8) is 0 Å². The number of carbonyl (C=O) groups excluding carboxylic acids is 2. The smallest absolute Gasteiger partial charge is 0.305 e. The number of allylic oxidation sites excluding steroid dienone is 4. The summed E-state index contributed by atoms with van der Waals surface area (Å²) in [6.45, 7) is 4.87. The number of hydrogen-bond acceptors (Lipinski definition) is 5. The molecule has 0 aliphatic rings. The van der Waals surface area contributed by atoms with E-state index in [4.69, 9.17) is 4.74 Å². The third-order valence-electron chi connectivity index (χ3n) is 11.5. The third-order valence-corrected chi connectivity index (χ3v) is 11.5. The summed E-state index contributed by atoms with van der Waals surface area (Å²) >= 11 is 0. The Balaban J connectivity index is 3.48. The van der Waals surface area contributed by atoms with Gasteiger partial charge in [0.25, 0.3) is 0 Å². The number of amides is 1. The molecule has 0 aliphatic heterocycles. The molecule has 0 saturated carbocycles. The van der Waals surface area contributed by atoms with E-state index in [0.717, 1.165) is 77.0 Å². The fraction of sp³-hybridized carbons (Fsp3) is 0.882. The second-order valence-electron chi connectivity index (χ2n) is 17.2. The van der Waals surface area contributed by atoms with Crippen molar-refractivity contribution in [3.05, 3.63) is 24.3 Å². The van der Waals surface area contributed by atoms with Gasteiger partial charge in [-0.1, -0.05) is 218 Å². The first kappa shape index (κ1) is 55.3. The molecule has 0 heterocycles. The van der Waals surface area contributed by atoms with Gasteiger partial charge in [0.15, 0.2) is 0 Å². The lowest BCUT2D eigenvalue weighted by Crippen LogP contribution is -2.45. The van der Waals surface area contributed by atoms with Crippen LogP contribution in [0.25, 0.3) is 0 Å². The first-order valence-corrected chi connectivity index (χ1v) is 25.1. The number of nitrogens with one attached hydrogen (secondary N) is 1. The van der Waals surface area contributed by atoms with E-state index in [2.05, 4.69) is 43.5 Å². The maximum Gasteiger partial charge on any atom is 0.305 e. The summed E-state index contributed by atoms with van der Waals surface area (Å²) in [6, 6.07) is -0.555. The van der Waals surface area contributed by atoms with E-state index < -0.39 is 12.1 Å². The summed E-state index contributed by atoms with van der Waals surface area (Å²) in [4.78, 5) is 24.4. The summed E-state index contributed by atoms with van der Waals surface area (Å²) in [5, 5.41) is 23.0. The zero-order valence-electron chi connectivity index (χ0n) is 38.1. The van der Waals surface area contributed by atoms with Crippen LogP contribution in [-0.4, -0.2) is 47.4 Å². The fourth-order valence-electron chi connectivity index (χ4n) is 7.63. The lowest BCUT2D eigenvalue weighted by atomic mass is 10.0. The van der Waals surface area contributed by atoms with Crippen molar-refractivity contribution in [2.45, 2.75) is 276 Å². The summed E-state index contributed by atoms with van der Waals surface area (Å²) in [7, 11) is 0. The maximum atomic E-state index is 12.4. The highest BCUT2D eigenvalue weighted by molar-refractivity contribution is 5.76. The molecule has 3 N–H and O–H groups in total. The zero-order chi connectivity index (χ0) is 41.5. The minimum absolute atomic E-state index is 0.0188. The Morgan fingerprint density at radius 3 is 1.30 bits per heavy atom. The highest BCUT2D eigenvalue weighted by atomic mass is 16.5. The molecule has 1 amide bonds. The van der Waals surface area contributed by atoms with Crippen LogP contribution in [0.5, 0.6) is 0 Å². The quantitative estimate of drug-likeness (QED) is 0.0324. The molecular formula is C51H97NO5. The predicted molar refractivity (Wildman–Crippen MR) is 246 cm³/mol. The molecule has 0 rings (SSSR count). The summed E-state index contributed by atoms with van der Waals surface area (Å²) in [5.41, 5.74) is 0. The molecule has 0 aromatic heterocycles. The van der Waals surface area contributed by atoms with E-state index >= 15 is 0 Å². The molecule has 2 unspecified atom stereocenters. The van der Waals surface area contributed by atoms with Gasteiger partial charge >= 0.3 is 5.97 Å². The number of aliphatic hydroxyl groups is 2. The van der Waals surface area contributed by atoms with Gasteiger partial charge in [0.2, 0.25) is 5.91 Å². The highest BCUT2D eigenvalue weighted by Gasteiger charge is 2.20. The van der Waals surface area contributed by atoms with Gasteiger partial charge in [-0.15, -0.1) is 0 Å². The minimum atomic E-state index is -0.675. The number of unbranched alkanes of at least 4 members (excludes halogenated alkanes) is 32. The molecule has 2 atom stereocenters. The third kappa shape index (κ3) is 43.7. The second-order valence-corrected chi connectivity index (χ2v) is 17.2. The summed E-state index contributed by atoms with van der Waals surface area (Å²) in [5.74, 6) is -0.0791. The Labute approximate surface area is 354 Å². The molecule has 0 radical (unpaired) electrons. The van der Waals surface area contributed by atoms with Gasteiger partial charge < -0.3 is 20.3 Å². The minimum Gasteiger partial charge on any atom is -0.466 e. The molecule has 0 aromatic rings.